The first-order valence-corrected chi connectivity index (χ1v) is 10.8. The average molecular weight is 506 g/mol. The van der Waals surface area contributed by atoms with Gasteiger partial charge in [-0.3, -0.25) is 0 Å². The molecule has 3 aromatic rings. The Morgan fingerprint density at radius 2 is 0.931 bits per heavy atom. The molecule has 3 rings (SSSR count). The molecule has 0 atom stereocenters. The topological polar surface area (TPSA) is 0 Å². The third-order valence-corrected chi connectivity index (χ3v) is 6.05. The van der Waals surface area contributed by atoms with E-state index in [1.807, 2.05) is 30.3 Å². The van der Waals surface area contributed by atoms with Crippen LogP contribution in [0.15, 0.2) is 78.9 Å². The Balaban J connectivity index is 0.000000978. The molecular formula is C26H31Cl2Zr-. The zero-order valence-corrected chi connectivity index (χ0v) is 22.2. The smallest absolute Gasteiger partial charge is 0.172 e. The minimum absolute atomic E-state index is 0. The number of halogens is 2. The zero-order valence-electron chi connectivity index (χ0n) is 18.3. The Hall–Kier alpha value is -0.877. The third-order valence-electron chi connectivity index (χ3n) is 4.63. The molecule has 0 fully saturated rings. The van der Waals surface area contributed by atoms with Crippen molar-refractivity contribution in [2.75, 3.05) is 0 Å². The van der Waals surface area contributed by atoms with Gasteiger partial charge in [0.15, 0.2) is 0 Å². The molecule has 0 spiro atoms. The molecule has 0 heterocycles. The quantitative estimate of drug-likeness (QED) is 0.453. The molecule has 0 nitrogen and oxygen atoms in total. The van der Waals surface area contributed by atoms with Crippen LogP contribution in [0.3, 0.4) is 0 Å². The normalized spacial score (nSPS) is 10.8. The maximum atomic E-state index is 2.27. The van der Waals surface area contributed by atoms with Gasteiger partial charge in [0.1, 0.15) is 0 Å². The Morgan fingerprint density at radius 1 is 0.621 bits per heavy atom. The van der Waals surface area contributed by atoms with E-state index in [1.54, 1.807) is 0 Å². The van der Waals surface area contributed by atoms with Crippen molar-refractivity contribution >= 4 is 3.21 Å². The molecule has 154 valence electrons. The zero-order chi connectivity index (χ0) is 20.1. The summed E-state index contributed by atoms with van der Waals surface area (Å²) in [5, 5.41) is 0. The van der Waals surface area contributed by atoms with Crippen molar-refractivity contribution in [3.8, 4) is 0 Å². The minimum Gasteiger partial charge on any atom is -1.00 e. The van der Waals surface area contributed by atoms with Crippen molar-refractivity contribution in [1.29, 1.82) is 0 Å². The second-order valence-electron chi connectivity index (χ2n) is 8.99. The fourth-order valence-corrected chi connectivity index (χ4v) is 3.58. The Bertz CT molecular complexity index is 755. The van der Waals surface area contributed by atoms with E-state index in [2.05, 4.69) is 90.1 Å². The van der Waals surface area contributed by atoms with Gasteiger partial charge in [0.05, 0.1) is 0 Å². The van der Waals surface area contributed by atoms with Crippen LogP contribution in [0.1, 0.15) is 63.8 Å². The number of hydrogen-bond donors (Lipinski definition) is 0. The Kier molecular flexibility index (Phi) is 11.7. The molecule has 29 heavy (non-hydrogen) atoms. The number of hydrogen-bond acceptors (Lipinski definition) is 0. The van der Waals surface area contributed by atoms with Gasteiger partial charge >= 0.3 is 151 Å². The molecule has 0 aliphatic heterocycles. The standard InChI is InChI=1S/C21H26.C5H5.2ClH.Zr/c1-20(2,3)18-11-7-16(8-12-18)15-17-9-13-19(14-10-17)21(4,5)6;1-2-4-5-3-1;;;/h7-14H,1-6H3;1-5H;2*1H;/q;-1;;;+2/p-2. The SMILES string of the molecule is CC(C)(C)c1ccc([C](=[Zr+2])c2ccc(C(C)(C)C)cc2)cc1.[Cl-].[Cl-].c1cc[cH-]c1. The van der Waals surface area contributed by atoms with Crippen molar-refractivity contribution in [1.82, 2.24) is 0 Å². The van der Waals surface area contributed by atoms with Gasteiger partial charge in [-0.1, -0.05) is 0 Å². The Morgan fingerprint density at radius 3 is 1.14 bits per heavy atom. The molecule has 0 aliphatic rings. The van der Waals surface area contributed by atoms with Gasteiger partial charge < -0.3 is 24.8 Å². The second kappa shape index (κ2) is 12.1. The third kappa shape index (κ3) is 8.79. The van der Waals surface area contributed by atoms with Crippen LogP contribution in [-0.2, 0) is 35.1 Å². The van der Waals surface area contributed by atoms with E-state index in [4.69, 9.17) is 0 Å². The molecule has 3 aromatic carbocycles. The summed E-state index contributed by atoms with van der Waals surface area (Å²) in [6.07, 6.45) is 0. The van der Waals surface area contributed by atoms with E-state index < -0.39 is 0 Å². The van der Waals surface area contributed by atoms with Crippen molar-refractivity contribution in [2.24, 2.45) is 0 Å². The molecular weight excluding hydrogens is 474 g/mol. The summed E-state index contributed by atoms with van der Waals surface area (Å²) < 4.78 is 1.42. The summed E-state index contributed by atoms with van der Waals surface area (Å²) in [6.45, 7) is 13.6. The van der Waals surface area contributed by atoms with E-state index in [1.165, 1.54) is 49.7 Å². The summed E-state index contributed by atoms with van der Waals surface area (Å²) in [5.74, 6) is 0. The maximum absolute atomic E-state index is 2.27. The van der Waals surface area contributed by atoms with E-state index in [9.17, 15) is 0 Å². The predicted octanol–water partition coefficient (Wildman–Crippen LogP) is 0.811. The van der Waals surface area contributed by atoms with E-state index in [0.717, 1.165) is 0 Å². The summed E-state index contributed by atoms with van der Waals surface area (Å²) in [4.78, 5) is 0. The van der Waals surface area contributed by atoms with Gasteiger partial charge in [0.2, 0.25) is 0 Å². The van der Waals surface area contributed by atoms with Crippen LogP contribution in [0.2, 0.25) is 0 Å². The molecule has 0 aliphatic carbocycles. The van der Waals surface area contributed by atoms with Gasteiger partial charge in [-0.15, -0.1) is 0 Å². The monoisotopic (exact) mass is 503 g/mol. The van der Waals surface area contributed by atoms with Crippen molar-refractivity contribution < 1.29 is 49.0 Å². The molecule has 0 saturated heterocycles. The largest absolute Gasteiger partial charge is 1.00 e. The Labute approximate surface area is 204 Å². The molecule has 0 aromatic heterocycles. The molecule has 0 unspecified atom stereocenters. The summed E-state index contributed by atoms with van der Waals surface area (Å²) in [6, 6.07) is 28.1. The second-order valence-corrected chi connectivity index (χ2v) is 10.2. The first-order valence-electron chi connectivity index (χ1n) is 9.56. The average Bonchev–Trinajstić information content (AvgIpc) is 3.20. The van der Waals surface area contributed by atoms with E-state index in [0.29, 0.717) is 0 Å². The van der Waals surface area contributed by atoms with Crippen LogP contribution < -0.4 is 24.8 Å². The fraction of sp³-hybridized carbons (Fsp3) is 0.308. The number of benzene rings is 2. The van der Waals surface area contributed by atoms with E-state index >= 15 is 0 Å². The van der Waals surface area contributed by atoms with Gasteiger partial charge in [-0.25, -0.2) is 12.1 Å². The molecule has 0 saturated carbocycles. The molecule has 3 heteroatoms. The van der Waals surface area contributed by atoms with Gasteiger partial charge in [0.25, 0.3) is 0 Å². The molecule has 0 N–H and O–H groups in total. The molecule has 0 bridgehead atoms. The van der Waals surface area contributed by atoms with Gasteiger partial charge in [-0.05, 0) is 0 Å². The van der Waals surface area contributed by atoms with Crippen molar-refractivity contribution in [3.63, 3.8) is 0 Å². The van der Waals surface area contributed by atoms with Crippen molar-refractivity contribution in [3.05, 3.63) is 101 Å². The van der Waals surface area contributed by atoms with Crippen LogP contribution in [0.4, 0.5) is 0 Å². The summed E-state index contributed by atoms with van der Waals surface area (Å²) in [5.41, 5.74) is 5.90. The number of rotatable bonds is 2. The first kappa shape index (κ1) is 28.1. The first-order chi connectivity index (χ1) is 12.6. The molecule has 0 amide bonds. The van der Waals surface area contributed by atoms with Crippen LogP contribution >= 0.6 is 0 Å². The van der Waals surface area contributed by atoms with Crippen LogP contribution in [-0.4, -0.2) is 3.21 Å². The maximum Gasteiger partial charge on any atom is -0.172 e. The van der Waals surface area contributed by atoms with Crippen LogP contribution in [0.5, 0.6) is 0 Å². The predicted molar refractivity (Wildman–Crippen MR) is 116 cm³/mol. The summed E-state index contributed by atoms with van der Waals surface area (Å²) in [7, 11) is 0. The fourth-order valence-electron chi connectivity index (χ4n) is 2.76. The van der Waals surface area contributed by atoms with Crippen LogP contribution in [0, 0.1) is 0 Å². The van der Waals surface area contributed by atoms with Crippen LogP contribution in [0.25, 0.3) is 0 Å². The van der Waals surface area contributed by atoms with Crippen molar-refractivity contribution in [2.45, 2.75) is 52.4 Å². The summed E-state index contributed by atoms with van der Waals surface area (Å²) >= 11 is 1.46. The molecule has 0 radical (unpaired) electrons. The van der Waals surface area contributed by atoms with Gasteiger partial charge in [-0.2, -0.15) is 18.2 Å². The minimum atomic E-state index is 0. The van der Waals surface area contributed by atoms with Gasteiger partial charge in [0, 0.05) is 0 Å². The van der Waals surface area contributed by atoms with E-state index in [-0.39, 0.29) is 35.6 Å².